The summed E-state index contributed by atoms with van der Waals surface area (Å²) in [5.41, 5.74) is 3.46. The standard InChI is InChI=1S/C21H22N2O6/c1-26-16-9-15(10-17(11-16)27-2)20(24)23-22-12-13-4-7-18(19(8-13)28-3)29-21(25)14-5-6-14/h4,7-12,14H,5-6H2,1-3H3,(H,23,24)/b22-12-. The third kappa shape index (κ3) is 5.25. The maximum Gasteiger partial charge on any atom is 0.314 e. The van der Waals surface area contributed by atoms with E-state index in [-0.39, 0.29) is 11.9 Å². The molecule has 0 atom stereocenters. The highest BCUT2D eigenvalue weighted by atomic mass is 16.6. The molecule has 0 spiro atoms. The van der Waals surface area contributed by atoms with E-state index in [2.05, 4.69) is 10.5 Å². The van der Waals surface area contributed by atoms with Crippen molar-refractivity contribution in [3.8, 4) is 23.0 Å². The maximum atomic E-state index is 12.3. The number of carbonyl (C=O) groups is 2. The second-order valence-electron chi connectivity index (χ2n) is 6.41. The summed E-state index contributed by atoms with van der Waals surface area (Å²) in [6, 6.07) is 9.85. The summed E-state index contributed by atoms with van der Waals surface area (Å²) in [7, 11) is 4.50. The SMILES string of the molecule is COc1cc(OC)cc(C(=O)N/N=C\c2ccc(OC(=O)C3CC3)c(OC)c2)c1. The van der Waals surface area contributed by atoms with E-state index in [1.54, 1.807) is 36.4 Å². The van der Waals surface area contributed by atoms with Crippen LogP contribution in [0.5, 0.6) is 23.0 Å². The van der Waals surface area contributed by atoms with E-state index in [0.29, 0.717) is 34.1 Å². The van der Waals surface area contributed by atoms with Crippen molar-refractivity contribution < 1.29 is 28.5 Å². The number of ether oxygens (including phenoxy) is 4. The van der Waals surface area contributed by atoms with Gasteiger partial charge in [-0.1, -0.05) is 0 Å². The molecule has 1 aliphatic rings. The molecule has 29 heavy (non-hydrogen) atoms. The van der Waals surface area contributed by atoms with E-state index in [1.165, 1.54) is 27.5 Å². The fourth-order valence-corrected chi connectivity index (χ4v) is 2.53. The Kier molecular flexibility index (Phi) is 6.33. The highest BCUT2D eigenvalue weighted by Gasteiger charge is 2.32. The van der Waals surface area contributed by atoms with E-state index >= 15 is 0 Å². The first kappa shape index (κ1) is 20.2. The summed E-state index contributed by atoms with van der Waals surface area (Å²) in [5, 5.41) is 3.96. The number of nitrogens with one attached hydrogen (secondary N) is 1. The number of hydrogen-bond acceptors (Lipinski definition) is 7. The lowest BCUT2D eigenvalue weighted by Crippen LogP contribution is -2.17. The smallest absolute Gasteiger partial charge is 0.314 e. The van der Waals surface area contributed by atoms with Gasteiger partial charge in [-0.3, -0.25) is 9.59 Å². The van der Waals surface area contributed by atoms with Gasteiger partial charge in [-0.15, -0.1) is 0 Å². The molecular weight excluding hydrogens is 376 g/mol. The summed E-state index contributed by atoms with van der Waals surface area (Å²) >= 11 is 0. The van der Waals surface area contributed by atoms with Crippen LogP contribution in [0.25, 0.3) is 0 Å². The lowest BCUT2D eigenvalue weighted by Gasteiger charge is -2.09. The lowest BCUT2D eigenvalue weighted by atomic mass is 10.2. The molecule has 0 unspecified atom stereocenters. The Labute approximate surface area is 168 Å². The van der Waals surface area contributed by atoms with Crippen LogP contribution in [0.15, 0.2) is 41.5 Å². The Morgan fingerprint density at radius 3 is 2.24 bits per heavy atom. The van der Waals surface area contributed by atoms with Gasteiger partial charge in [-0.05, 0) is 48.7 Å². The number of nitrogens with zero attached hydrogens (tertiary/aromatic N) is 1. The highest BCUT2D eigenvalue weighted by Crippen LogP contribution is 2.34. The number of carbonyl (C=O) groups excluding carboxylic acids is 2. The number of hydrogen-bond donors (Lipinski definition) is 1. The lowest BCUT2D eigenvalue weighted by molar-refractivity contribution is -0.135. The average Bonchev–Trinajstić information content (AvgIpc) is 3.59. The van der Waals surface area contributed by atoms with Crippen molar-refractivity contribution in [1.82, 2.24) is 5.43 Å². The molecule has 2 aromatic rings. The van der Waals surface area contributed by atoms with Crippen molar-refractivity contribution in [1.29, 1.82) is 0 Å². The molecule has 1 amide bonds. The molecule has 0 aliphatic heterocycles. The van der Waals surface area contributed by atoms with Crippen LogP contribution in [-0.4, -0.2) is 39.4 Å². The molecule has 8 heteroatoms. The van der Waals surface area contributed by atoms with Crippen LogP contribution in [0, 0.1) is 5.92 Å². The molecule has 2 aromatic carbocycles. The molecular formula is C21H22N2O6. The summed E-state index contributed by atoms with van der Waals surface area (Å²) in [4.78, 5) is 24.2. The topological polar surface area (TPSA) is 95.5 Å². The fraction of sp³-hybridized carbons (Fsp3) is 0.286. The predicted molar refractivity (Wildman–Crippen MR) is 106 cm³/mol. The quantitative estimate of drug-likeness (QED) is 0.318. The fourth-order valence-electron chi connectivity index (χ4n) is 2.53. The number of esters is 1. The Balaban J connectivity index is 1.66. The Morgan fingerprint density at radius 1 is 0.966 bits per heavy atom. The van der Waals surface area contributed by atoms with E-state index in [9.17, 15) is 9.59 Å². The molecule has 0 heterocycles. The minimum absolute atomic E-state index is 0.00797. The number of benzene rings is 2. The predicted octanol–water partition coefficient (Wildman–Crippen LogP) is 2.79. The van der Waals surface area contributed by atoms with Gasteiger partial charge in [0, 0.05) is 11.6 Å². The molecule has 8 nitrogen and oxygen atoms in total. The molecule has 0 bridgehead atoms. The summed E-state index contributed by atoms with van der Waals surface area (Å²) < 4.78 is 21.0. The van der Waals surface area contributed by atoms with Crippen LogP contribution in [0.2, 0.25) is 0 Å². The van der Waals surface area contributed by atoms with Crippen LogP contribution in [0.4, 0.5) is 0 Å². The second kappa shape index (κ2) is 9.09. The van der Waals surface area contributed by atoms with E-state index < -0.39 is 5.91 Å². The molecule has 0 saturated heterocycles. The van der Waals surface area contributed by atoms with Gasteiger partial charge in [0.15, 0.2) is 11.5 Å². The third-order valence-corrected chi connectivity index (χ3v) is 4.30. The van der Waals surface area contributed by atoms with Gasteiger partial charge in [0.1, 0.15) is 11.5 Å². The first-order chi connectivity index (χ1) is 14.0. The molecule has 1 aliphatic carbocycles. The van der Waals surface area contributed by atoms with E-state index in [4.69, 9.17) is 18.9 Å². The molecule has 0 aromatic heterocycles. The number of methoxy groups -OCH3 is 3. The summed E-state index contributed by atoms with van der Waals surface area (Å²) in [6.07, 6.45) is 3.19. The highest BCUT2D eigenvalue weighted by molar-refractivity contribution is 5.95. The van der Waals surface area contributed by atoms with E-state index in [1.807, 2.05) is 0 Å². The van der Waals surface area contributed by atoms with Gasteiger partial charge in [0.2, 0.25) is 0 Å². The first-order valence-electron chi connectivity index (χ1n) is 9.00. The zero-order valence-electron chi connectivity index (χ0n) is 16.4. The molecule has 3 rings (SSSR count). The van der Waals surface area contributed by atoms with Crippen molar-refractivity contribution >= 4 is 18.1 Å². The first-order valence-corrected chi connectivity index (χ1v) is 9.00. The van der Waals surface area contributed by atoms with Gasteiger partial charge in [0.05, 0.1) is 33.5 Å². The summed E-state index contributed by atoms with van der Waals surface area (Å²) in [5.74, 6) is 1.09. The van der Waals surface area contributed by atoms with Crippen molar-refractivity contribution in [2.45, 2.75) is 12.8 Å². The van der Waals surface area contributed by atoms with Crippen molar-refractivity contribution in [3.63, 3.8) is 0 Å². The van der Waals surface area contributed by atoms with Crippen molar-refractivity contribution in [3.05, 3.63) is 47.5 Å². The zero-order valence-corrected chi connectivity index (χ0v) is 16.4. The second-order valence-corrected chi connectivity index (χ2v) is 6.41. The minimum Gasteiger partial charge on any atom is -0.497 e. The average molecular weight is 398 g/mol. The van der Waals surface area contributed by atoms with Crippen LogP contribution < -0.4 is 24.4 Å². The maximum absolute atomic E-state index is 12.3. The zero-order chi connectivity index (χ0) is 20.8. The largest absolute Gasteiger partial charge is 0.497 e. The van der Waals surface area contributed by atoms with Crippen LogP contribution >= 0.6 is 0 Å². The van der Waals surface area contributed by atoms with Gasteiger partial charge < -0.3 is 18.9 Å². The molecule has 1 fully saturated rings. The van der Waals surface area contributed by atoms with Crippen LogP contribution in [0.3, 0.4) is 0 Å². The van der Waals surface area contributed by atoms with E-state index in [0.717, 1.165) is 12.8 Å². The van der Waals surface area contributed by atoms with Crippen molar-refractivity contribution in [2.75, 3.05) is 21.3 Å². The normalized spacial score (nSPS) is 13.1. The molecule has 1 saturated carbocycles. The summed E-state index contributed by atoms with van der Waals surface area (Å²) in [6.45, 7) is 0. The van der Waals surface area contributed by atoms with Crippen LogP contribution in [0.1, 0.15) is 28.8 Å². The Morgan fingerprint density at radius 2 is 1.66 bits per heavy atom. The van der Waals surface area contributed by atoms with Gasteiger partial charge in [-0.25, -0.2) is 5.43 Å². The van der Waals surface area contributed by atoms with Crippen molar-refractivity contribution in [2.24, 2.45) is 11.0 Å². The van der Waals surface area contributed by atoms with Gasteiger partial charge in [0.25, 0.3) is 5.91 Å². The Hall–Kier alpha value is -3.55. The Bertz CT molecular complexity index is 915. The van der Waals surface area contributed by atoms with Crippen LogP contribution in [-0.2, 0) is 4.79 Å². The van der Waals surface area contributed by atoms with Gasteiger partial charge in [-0.2, -0.15) is 5.10 Å². The number of hydrazone groups is 1. The minimum atomic E-state index is -0.416. The number of amides is 1. The molecule has 0 radical (unpaired) electrons. The van der Waals surface area contributed by atoms with Gasteiger partial charge >= 0.3 is 5.97 Å². The molecule has 152 valence electrons. The third-order valence-electron chi connectivity index (χ3n) is 4.30. The number of rotatable bonds is 8. The molecule has 1 N–H and O–H groups in total. The monoisotopic (exact) mass is 398 g/mol.